The molecule has 0 aromatic rings. The van der Waals surface area contributed by atoms with E-state index >= 15 is 0 Å². The Hall–Kier alpha value is -0.790. The van der Waals surface area contributed by atoms with Gasteiger partial charge in [0.2, 0.25) is 0 Å². The van der Waals surface area contributed by atoms with Crippen LogP contribution < -0.4 is 0 Å². The molecule has 0 unspecified atom stereocenters. The average molecular weight is 311 g/mol. The van der Waals surface area contributed by atoms with Crippen LogP contribution in [0.25, 0.3) is 0 Å². The van der Waals surface area contributed by atoms with Crippen molar-refractivity contribution in [1.29, 1.82) is 0 Å². The van der Waals surface area contributed by atoms with Gasteiger partial charge in [-0.1, -0.05) is 84.5 Å². The third-order valence-electron chi connectivity index (χ3n) is 3.97. The predicted octanol–water partition coefficient (Wildman–Crippen LogP) is 6.93. The van der Waals surface area contributed by atoms with Crippen LogP contribution in [0.4, 0.5) is 0 Å². The molecule has 0 aromatic heterocycles. The summed E-state index contributed by atoms with van der Waals surface area (Å²) in [6.07, 6.45) is 22.5. The summed E-state index contributed by atoms with van der Waals surface area (Å²) in [5.74, 6) is -0.117. The van der Waals surface area contributed by atoms with Crippen LogP contribution in [0.5, 0.6) is 0 Å². The van der Waals surface area contributed by atoms with Crippen LogP contribution >= 0.6 is 0 Å². The van der Waals surface area contributed by atoms with Gasteiger partial charge in [-0.25, -0.2) is 0 Å². The summed E-state index contributed by atoms with van der Waals surface area (Å²) < 4.78 is 4.97. The van der Waals surface area contributed by atoms with Gasteiger partial charge >= 0.3 is 5.97 Å². The third kappa shape index (κ3) is 17.3. The molecule has 0 aliphatic heterocycles. The molecule has 0 saturated heterocycles. The summed E-state index contributed by atoms with van der Waals surface area (Å²) in [6, 6.07) is 0. The predicted molar refractivity (Wildman–Crippen MR) is 95.8 cm³/mol. The van der Waals surface area contributed by atoms with E-state index in [0.717, 1.165) is 12.8 Å². The van der Waals surface area contributed by atoms with Crippen LogP contribution in [-0.4, -0.2) is 5.97 Å². The van der Waals surface area contributed by atoms with Gasteiger partial charge in [-0.3, -0.25) is 4.79 Å². The van der Waals surface area contributed by atoms with Crippen molar-refractivity contribution in [3.05, 3.63) is 12.3 Å². The highest BCUT2D eigenvalue weighted by atomic mass is 16.5. The molecule has 0 radical (unpaired) electrons. The molecule has 0 atom stereocenters. The maximum Gasteiger partial charge on any atom is 0.310 e. The van der Waals surface area contributed by atoms with E-state index in [-0.39, 0.29) is 5.97 Å². The maximum atomic E-state index is 11.1. The van der Waals surface area contributed by atoms with Crippen molar-refractivity contribution in [2.75, 3.05) is 0 Å². The second-order valence-corrected chi connectivity index (χ2v) is 6.29. The Morgan fingerprint density at radius 1 is 0.727 bits per heavy atom. The molecule has 0 saturated carbocycles. The first-order chi connectivity index (χ1) is 10.8. The number of rotatable bonds is 16. The van der Waals surface area contributed by atoms with Gasteiger partial charge in [0.1, 0.15) is 0 Å². The van der Waals surface area contributed by atoms with E-state index < -0.39 is 0 Å². The fourth-order valence-corrected chi connectivity index (χ4v) is 2.56. The minimum absolute atomic E-state index is 0.117. The second kappa shape index (κ2) is 18.3. The molecule has 0 fully saturated rings. The average Bonchev–Trinajstić information content (AvgIpc) is 2.51. The van der Waals surface area contributed by atoms with Crippen LogP contribution in [0.3, 0.4) is 0 Å². The monoisotopic (exact) mass is 310 g/mol. The first-order valence-electron chi connectivity index (χ1n) is 9.65. The lowest BCUT2D eigenvalue weighted by atomic mass is 10.0. The summed E-state index contributed by atoms with van der Waals surface area (Å²) in [7, 11) is 0. The SMILES string of the molecule is CCCCCCCCCCCCCCC=COC(=O)CCC. The fourth-order valence-electron chi connectivity index (χ4n) is 2.56. The Morgan fingerprint density at radius 3 is 1.73 bits per heavy atom. The molecule has 130 valence electrons. The smallest absolute Gasteiger partial charge is 0.310 e. The molecular weight excluding hydrogens is 272 g/mol. The molecule has 2 heteroatoms. The first-order valence-corrected chi connectivity index (χ1v) is 9.65. The van der Waals surface area contributed by atoms with Crippen molar-refractivity contribution in [3.8, 4) is 0 Å². The van der Waals surface area contributed by atoms with E-state index in [2.05, 4.69) is 6.92 Å². The second-order valence-electron chi connectivity index (χ2n) is 6.29. The quantitative estimate of drug-likeness (QED) is 0.175. The molecule has 0 aromatic carbocycles. The van der Waals surface area contributed by atoms with E-state index in [1.807, 2.05) is 13.0 Å². The molecule has 0 amide bonds. The van der Waals surface area contributed by atoms with Crippen molar-refractivity contribution in [3.63, 3.8) is 0 Å². The van der Waals surface area contributed by atoms with Gasteiger partial charge in [-0.2, -0.15) is 0 Å². The Labute approximate surface area is 138 Å². The van der Waals surface area contributed by atoms with Gasteiger partial charge in [-0.15, -0.1) is 0 Å². The van der Waals surface area contributed by atoms with Gasteiger partial charge in [0.15, 0.2) is 0 Å². The van der Waals surface area contributed by atoms with Crippen molar-refractivity contribution < 1.29 is 9.53 Å². The molecule has 2 nitrogen and oxygen atoms in total. The lowest BCUT2D eigenvalue weighted by Crippen LogP contribution is -1.97. The van der Waals surface area contributed by atoms with E-state index in [4.69, 9.17) is 4.74 Å². The largest absolute Gasteiger partial charge is 0.435 e. The van der Waals surface area contributed by atoms with Gasteiger partial charge in [0.05, 0.1) is 6.26 Å². The number of carbonyl (C=O) groups is 1. The standard InChI is InChI=1S/C20H38O2/c1-3-5-6-7-8-9-10-11-12-13-14-15-16-17-19-22-20(21)18-4-2/h17,19H,3-16,18H2,1-2H3. The summed E-state index contributed by atoms with van der Waals surface area (Å²) >= 11 is 0. The molecule has 0 rings (SSSR count). The van der Waals surface area contributed by atoms with Crippen molar-refractivity contribution in [2.45, 2.75) is 110 Å². The van der Waals surface area contributed by atoms with Crippen LogP contribution in [0.15, 0.2) is 12.3 Å². The molecule has 0 N–H and O–H groups in total. The molecule has 0 bridgehead atoms. The highest BCUT2D eigenvalue weighted by molar-refractivity contribution is 5.69. The maximum absolute atomic E-state index is 11.1. The molecular formula is C20H38O2. The number of ether oxygens (including phenoxy) is 1. The Morgan fingerprint density at radius 2 is 1.23 bits per heavy atom. The zero-order valence-electron chi connectivity index (χ0n) is 15.1. The summed E-state index contributed by atoms with van der Waals surface area (Å²) in [4.78, 5) is 11.1. The van der Waals surface area contributed by atoms with E-state index in [1.165, 1.54) is 77.0 Å². The Bertz CT molecular complexity index is 258. The third-order valence-corrected chi connectivity index (χ3v) is 3.97. The van der Waals surface area contributed by atoms with E-state index in [9.17, 15) is 4.79 Å². The van der Waals surface area contributed by atoms with Crippen LogP contribution in [-0.2, 0) is 9.53 Å². The van der Waals surface area contributed by atoms with Gasteiger partial charge in [0.25, 0.3) is 0 Å². The van der Waals surface area contributed by atoms with Crippen LogP contribution in [0.2, 0.25) is 0 Å². The Balaban J connectivity index is 3.11. The lowest BCUT2D eigenvalue weighted by Gasteiger charge is -2.02. The molecule has 0 heterocycles. The zero-order chi connectivity index (χ0) is 16.3. The van der Waals surface area contributed by atoms with Crippen molar-refractivity contribution >= 4 is 5.97 Å². The number of esters is 1. The molecule has 0 aliphatic rings. The van der Waals surface area contributed by atoms with Crippen LogP contribution in [0.1, 0.15) is 110 Å². The number of hydrogen-bond donors (Lipinski definition) is 0. The fraction of sp³-hybridized carbons (Fsp3) is 0.850. The van der Waals surface area contributed by atoms with Gasteiger partial charge in [-0.05, 0) is 25.3 Å². The summed E-state index contributed by atoms with van der Waals surface area (Å²) in [5, 5.41) is 0. The lowest BCUT2D eigenvalue weighted by molar-refractivity contribution is -0.138. The van der Waals surface area contributed by atoms with E-state index in [1.54, 1.807) is 6.26 Å². The van der Waals surface area contributed by atoms with Gasteiger partial charge in [0, 0.05) is 6.42 Å². The minimum Gasteiger partial charge on any atom is -0.435 e. The number of hydrogen-bond acceptors (Lipinski definition) is 2. The van der Waals surface area contributed by atoms with Crippen LogP contribution in [0, 0.1) is 0 Å². The molecule has 0 spiro atoms. The molecule has 0 aliphatic carbocycles. The number of unbranched alkanes of at least 4 members (excludes halogenated alkanes) is 12. The first kappa shape index (κ1) is 21.2. The summed E-state index contributed by atoms with van der Waals surface area (Å²) in [5.41, 5.74) is 0. The normalized spacial score (nSPS) is 11.2. The van der Waals surface area contributed by atoms with E-state index in [0.29, 0.717) is 6.42 Å². The van der Waals surface area contributed by atoms with Crippen molar-refractivity contribution in [1.82, 2.24) is 0 Å². The number of allylic oxidation sites excluding steroid dienone is 1. The summed E-state index contributed by atoms with van der Waals surface area (Å²) in [6.45, 7) is 4.26. The highest BCUT2D eigenvalue weighted by Crippen LogP contribution is 2.12. The zero-order valence-corrected chi connectivity index (χ0v) is 15.1. The molecule has 22 heavy (non-hydrogen) atoms. The topological polar surface area (TPSA) is 26.3 Å². The highest BCUT2D eigenvalue weighted by Gasteiger charge is 1.96. The van der Waals surface area contributed by atoms with Crippen molar-refractivity contribution in [2.24, 2.45) is 0 Å². The Kier molecular flexibility index (Phi) is 17.6. The van der Waals surface area contributed by atoms with Gasteiger partial charge < -0.3 is 4.74 Å². The minimum atomic E-state index is -0.117. The number of carbonyl (C=O) groups excluding carboxylic acids is 1.